The lowest BCUT2D eigenvalue weighted by Gasteiger charge is -2.11. The minimum absolute atomic E-state index is 0.0931. The van der Waals surface area contributed by atoms with Gasteiger partial charge in [-0.1, -0.05) is 12.1 Å². The highest BCUT2D eigenvalue weighted by Crippen LogP contribution is 2.45. The zero-order valence-corrected chi connectivity index (χ0v) is 15.4. The van der Waals surface area contributed by atoms with Gasteiger partial charge < -0.3 is 10.6 Å². The van der Waals surface area contributed by atoms with Crippen molar-refractivity contribution in [2.24, 2.45) is 0 Å². The van der Waals surface area contributed by atoms with Crippen LogP contribution in [-0.2, 0) is 4.79 Å². The number of nitrogens with one attached hydrogen (secondary N) is 2. The zero-order chi connectivity index (χ0) is 16.8. The van der Waals surface area contributed by atoms with Gasteiger partial charge in [0, 0.05) is 41.1 Å². The number of hydrogen-bond donors (Lipinski definition) is 2. The zero-order valence-electron chi connectivity index (χ0n) is 13.0. The fourth-order valence-corrected chi connectivity index (χ4v) is 5.80. The van der Waals surface area contributed by atoms with E-state index in [9.17, 15) is 9.59 Å². The summed E-state index contributed by atoms with van der Waals surface area (Å²) >= 11 is 5.36. The molecular weight excluding hydrogens is 360 g/mol. The van der Waals surface area contributed by atoms with Gasteiger partial charge in [-0.2, -0.15) is 11.3 Å². The lowest BCUT2D eigenvalue weighted by molar-refractivity contribution is -0.116. The van der Waals surface area contributed by atoms with Crippen molar-refractivity contribution in [3.8, 4) is 0 Å². The average Bonchev–Trinajstić information content (AvgIpc) is 3.29. The van der Waals surface area contributed by atoms with E-state index >= 15 is 0 Å². The van der Waals surface area contributed by atoms with Crippen LogP contribution in [0, 0.1) is 0 Å². The molecule has 1 fully saturated rings. The van der Waals surface area contributed by atoms with Gasteiger partial charge in [0.25, 0.3) is 5.91 Å². The first kappa shape index (κ1) is 17.4. The summed E-state index contributed by atoms with van der Waals surface area (Å²) in [6.07, 6.45) is 0.257. The van der Waals surface area contributed by atoms with Crippen LogP contribution < -0.4 is 10.6 Å². The molecule has 7 heteroatoms. The predicted octanol–water partition coefficient (Wildman–Crippen LogP) is 3.99. The van der Waals surface area contributed by atoms with Gasteiger partial charge in [0.05, 0.1) is 4.58 Å². The Labute approximate surface area is 153 Å². The van der Waals surface area contributed by atoms with Crippen molar-refractivity contribution in [3.63, 3.8) is 0 Å². The maximum Gasteiger partial charge on any atom is 0.252 e. The highest BCUT2D eigenvalue weighted by Gasteiger charge is 2.18. The molecule has 126 valence electrons. The minimum atomic E-state index is -0.138. The van der Waals surface area contributed by atoms with E-state index in [-0.39, 0.29) is 18.2 Å². The van der Waals surface area contributed by atoms with Crippen molar-refractivity contribution in [1.29, 1.82) is 0 Å². The molecule has 0 atom stereocenters. The van der Waals surface area contributed by atoms with E-state index in [4.69, 9.17) is 0 Å². The molecule has 0 saturated carbocycles. The summed E-state index contributed by atoms with van der Waals surface area (Å²) < 4.78 is 0.465. The number of carbonyl (C=O) groups excluding carboxylic acids is 2. The van der Waals surface area contributed by atoms with Crippen LogP contribution in [0.1, 0.15) is 26.9 Å². The van der Waals surface area contributed by atoms with Gasteiger partial charge in [0.15, 0.2) is 0 Å². The Morgan fingerprint density at radius 3 is 2.75 bits per heavy atom. The summed E-state index contributed by atoms with van der Waals surface area (Å²) in [5.41, 5.74) is 2.69. The smallest absolute Gasteiger partial charge is 0.252 e. The number of anilines is 1. The third-order valence-corrected chi connectivity index (χ3v) is 7.27. The highest BCUT2D eigenvalue weighted by atomic mass is 32.2. The van der Waals surface area contributed by atoms with Crippen molar-refractivity contribution in [2.45, 2.75) is 11.0 Å². The van der Waals surface area contributed by atoms with E-state index in [1.165, 1.54) is 28.4 Å². The van der Waals surface area contributed by atoms with E-state index in [0.717, 1.165) is 5.69 Å². The van der Waals surface area contributed by atoms with Crippen LogP contribution in [0.15, 0.2) is 41.1 Å². The number of rotatable bonds is 6. The third-order valence-electron chi connectivity index (χ3n) is 3.49. The van der Waals surface area contributed by atoms with Crippen molar-refractivity contribution >= 4 is 52.4 Å². The summed E-state index contributed by atoms with van der Waals surface area (Å²) in [5, 5.41) is 9.31. The molecule has 1 saturated heterocycles. The van der Waals surface area contributed by atoms with E-state index in [1.54, 1.807) is 11.4 Å². The van der Waals surface area contributed by atoms with Crippen LogP contribution in [0.4, 0.5) is 5.69 Å². The molecule has 24 heavy (non-hydrogen) atoms. The molecular formula is C17H18N2O2S3. The predicted molar refractivity (Wildman–Crippen MR) is 104 cm³/mol. The maximum atomic E-state index is 12.0. The van der Waals surface area contributed by atoms with Crippen LogP contribution in [0.2, 0.25) is 0 Å². The lowest BCUT2D eigenvalue weighted by Crippen LogP contribution is -2.27. The first-order valence-corrected chi connectivity index (χ1v) is 10.7. The molecule has 1 aliphatic rings. The lowest BCUT2D eigenvalue weighted by atomic mass is 10.2. The van der Waals surface area contributed by atoms with Gasteiger partial charge in [-0.25, -0.2) is 0 Å². The summed E-state index contributed by atoms with van der Waals surface area (Å²) in [6.45, 7) is 0.328. The van der Waals surface area contributed by atoms with Gasteiger partial charge in [0.1, 0.15) is 0 Å². The number of carbonyl (C=O) groups is 2. The van der Waals surface area contributed by atoms with Gasteiger partial charge in [-0.05, 0) is 29.1 Å². The second-order valence-electron chi connectivity index (χ2n) is 5.27. The monoisotopic (exact) mass is 378 g/mol. The molecule has 0 aliphatic carbocycles. The number of amides is 2. The topological polar surface area (TPSA) is 58.2 Å². The van der Waals surface area contributed by atoms with Crippen molar-refractivity contribution in [1.82, 2.24) is 5.32 Å². The normalized spacial score (nSPS) is 14.5. The van der Waals surface area contributed by atoms with Crippen LogP contribution in [0.25, 0.3) is 0 Å². The molecule has 2 aromatic rings. The molecule has 1 aromatic carbocycles. The molecule has 0 unspecified atom stereocenters. The molecule has 2 heterocycles. The minimum Gasteiger partial charge on any atom is -0.351 e. The molecule has 0 spiro atoms. The van der Waals surface area contributed by atoms with Crippen LogP contribution in [0.3, 0.4) is 0 Å². The van der Waals surface area contributed by atoms with Crippen LogP contribution in [-0.4, -0.2) is 29.9 Å². The van der Waals surface area contributed by atoms with E-state index in [1.807, 2.05) is 47.1 Å². The Morgan fingerprint density at radius 1 is 1.17 bits per heavy atom. The summed E-state index contributed by atoms with van der Waals surface area (Å²) in [6, 6.07) is 9.79. The Morgan fingerprint density at radius 2 is 2.00 bits per heavy atom. The highest BCUT2D eigenvalue weighted by molar-refractivity contribution is 8.19. The molecule has 3 rings (SSSR count). The molecule has 0 bridgehead atoms. The molecule has 2 amide bonds. The van der Waals surface area contributed by atoms with E-state index in [0.29, 0.717) is 16.7 Å². The Hall–Kier alpha value is -1.44. The van der Waals surface area contributed by atoms with Gasteiger partial charge in [-0.3, -0.25) is 9.59 Å². The summed E-state index contributed by atoms with van der Waals surface area (Å²) in [7, 11) is 0. The Kier molecular flexibility index (Phi) is 6.23. The Balaban J connectivity index is 1.46. The van der Waals surface area contributed by atoms with Crippen molar-refractivity contribution in [3.05, 3.63) is 52.2 Å². The molecule has 1 aliphatic heterocycles. The second kappa shape index (κ2) is 8.60. The third kappa shape index (κ3) is 4.78. The summed E-state index contributed by atoms with van der Waals surface area (Å²) in [4.78, 5) is 23.8. The fraction of sp³-hybridized carbons (Fsp3) is 0.294. The van der Waals surface area contributed by atoms with Crippen LogP contribution >= 0.6 is 34.9 Å². The van der Waals surface area contributed by atoms with Gasteiger partial charge in [-0.15, -0.1) is 23.5 Å². The number of thioether (sulfide) groups is 2. The molecule has 2 N–H and O–H groups in total. The summed E-state index contributed by atoms with van der Waals surface area (Å²) in [5.74, 6) is 2.12. The fourth-order valence-electron chi connectivity index (χ4n) is 2.32. The van der Waals surface area contributed by atoms with Gasteiger partial charge in [0.2, 0.25) is 5.91 Å². The molecule has 1 aromatic heterocycles. The second-order valence-corrected chi connectivity index (χ2v) is 8.77. The quantitative estimate of drug-likeness (QED) is 0.798. The Bertz CT molecular complexity index is 698. The molecule has 4 nitrogen and oxygen atoms in total. The largest absolute Gasteiger partial charge is 0.351 e. The SMILES string of the molecule is O=C(CCNC(=O)c1ccsc1)Nc1cccc(C2SCCS2)c1. The first-order chi connectivity index (χ1) is 11.7. The number of thiophene rings is 1. The molecule has 0 radical (unpaired) electrons. The number of hydrogen-bond acceptors (Lipinski definition) is 5. The van der Waals surface area contributed by atoms with Crippen molar-refractivity contribution in [2.75, 3.05) is 23.4 Å². The van der Waals surface area contributed by atoms with Crippen LogP contribution in [0.5, 0.6) is 0 Å². The van der Waals surface area contributed by atoms with Gasteiger partial charge >= 0.3 is 0 Å². The standard InChI is InChI=1S/C17H18N2O2S3/c20-15(4-6-18-16(21)13-5-7-22-11-13)19-14-3-1-2-12(10-14)17-23-8-9-24-17/h1-3,5,7,10-11,17H,4,6,8-9H2,(H,18,21)(H,19,20). The van der Waals surface area contributed by atoms with E-state index in [2.05, 4.69) is 16.7 Å². The van der Waals surface area contributed by atoms with Crippen molar-refractivity contribution < 1.29 is 9.59 Å². The number of benzene rings is 1. The average molecular weight is 379 g/mol. The first-order valence-electron chi connectivity index (χ1n) is 7.66. The van der Waals surface area contributed by atoms with E-state index < -0.39 is 0 Å². The maximum absolute atomic E-state index is 12.0.